The molecule has 0 amide bonds. The van der Waals surface area contributed by atoms with Crippen molar-refractivity contribution in [2.24, 2.45) is 0 Å². The Morgan fingerprint density at radius 2 is 1.74 bits per heavy atom. The molecule has 144 valence electrons. The summed E-state index contributed by atoms with van der Waals surface area (Å²) in [6, 6.07) is 11.0. The van der Waals surface area contributed by atoms with E-state index in [-0.39, 0.29) is 12.2 Å². The Labute approximate surface area is 161 Å². The van der Waals surface area contributed by atoms with Crippen molar-refractivity contribution in [3.63, 3.8) is 0 Å². The molecule has 0 atom stereocenters. The van der Waals surface area contributed by atoms with Gasteiger partial charge in [0.1, 0.15) is 5.76 Å². The van der Waals surface area contributed by atoms with Crippen LogP contribution < -0.4 is 9.47 Å². The van der Waals surface area contributed by atoms with E-state index in [1.807, 2.05) is 44.2 Å². The highest BCUT2D eigenvalue weighted by molar-refractivity contribution is 6.22. The van der Waals surface area contributed by atoms with E-state index in [1.54, 1.807) is 19.4 Å². The molecule has 5 nitrogen and oxygen atoms in total. The number of methoxy groups -OCH3 is 3. The first-order chi connectivity index (χ1) is 13.2. The molecule has 0 N–H and O–H groups in total. The summed E-state index contributed by atoms with van der Waals surface area (Å²) in [6.45, 7) is 7.73. The average molecular weight is 369 g/mol. The van der Waals surface area contributed by atoms with Crippen molar-refractivity contribution in [1.82, 2.24) is 4.98 Å². The van der Waals surface area contributed by atoms with Crippen LogP contribution in [0.1, 0.15) is 25.1 Å². The van der Waals surface area contributed by atoms with E-state index >= 15 is 0 Å². The van der Waals surface area contributed by atoms with Gasteiger partial charge < -0.3 is 14.2 Å². The second-order valence-corrected chi connectivity index (χ2v) is 5.11. The largest absolute Gasteiger partial charge is 0.496 e. The van der Waals surface area contributed by atoms with Crippen LogP contribution in [-0.2, 0) is 16.0 Å². The Kier molecular flexibility index (Phi) is 9.37. The van der Waals surface area contributed by atoms with Gasteiger partial charge in [-0.2, -0.15) is 0 Å². The van der Waals surface area contributed by atoms with E-state index in [1.165, 1.54) is 20.3 Å². The number of rotatable bonds is 8. The van der Waals surface area contributed by atoms with E-state index in [0.29, 0.717) is 28.5 Å². The SMILES string of the molecule is C=C/C(OC)=C(/C(=O)Cc1nccc(OC)c1OC)c1ccccc1.CC. The monoisotopic (exact) mass is 369 g/mol. The van der Waals surface area contributed by atoms with E-state index < -0.39 is 0 Å². The highest BCUT2D eigenvalue weighted by Crippen LogP contribution is 2.31. The summed E-state index contributed by atoms with van der Waals surface area (Å²) in [5.41, 5.74) is 1.70. The Bertz CT molecular complexity index is 782. The summed E-state index contributed by atoms with van der Waals surface area (Å²) in [6.07, 6.45) is 3.16. The number of aromatic nitrogens is 1. The van der Waals surface area contributed by atoms with Gasteiger partial charge in [0.25, 0.3) is 0 Å². The molecule has 0 aliphatic carbocycles. The first-order valence-electron chi connectivity index (χ1n) is 8.71. The van der Waals surface area contributed by atoms with Gasteiger partial charge in [0.2, 0.25) is 0 Å². The molecule has 5 heteroatoms. The average Bonchev–Trinajstić information content (AvgIpc) is 2.73. The van der Waals surface area contributed by atoms with Gasteiger partial charge in [0.15, 0.2) is 17.3 Å². The number of Topliss-reactive ketones (excluding diaryl/α,β-unsaturated/α-hetero) is 1. The van der Waals surface area contributed by atoms with Gasteiger partial charge in [0.05, 0.1) is 39.0 Å². The third-order valence-electron chi connectivity index (χ3n) is 3.69. The minimum absolute atomic E-state index is 0.0469. The fourth-order valence-electron chi connectivity index (χ4n) is 2.55. The predicted octanol–water partition coefficient (Wildman–Crippen LogP) is 4.48. The molecular weight excluding hydrogens is 342 g/mol. The zero-order chi connectivity index (χ0) is 20.2. The molecule has 0 bridgehead atoms. The second kappa shape index (κ2) is 11.5. The van der Waals surface area contributed by atoms with Crippen molar-refractivity contribution in [1.29, 1.82) is 0 Å². The summed E-state index contributed by atoms with van der Waals surface area (Å²) in [5, 5.41) is 0. The fourth-order valence-corrected chi connectivity index (χ4v) is 2.55. The van der Waals surface area contributed by atoms with Gasteiger partial charge in [-0.1, -0.05) is 50.8 Å². The highest BCUT2D eigenvalue weighted by Gasteiger charge is 2.21. The lowest BCUT2D eigenvalue weighted by Gasteiger charge is -2.14. The van der Waals surface area contributed by atoms with Crippen molar-refractivity contribution in [3.05, 3.63) is 72.3 Å². The Hall–Kier alpha value is -3.08. The third-order valence-corrected chi connectivity index (χ3v) is 3.69. The molecule has 27 heavy (non-hydrogen) atoms. The smallest absolute Gasteiger partial charge is 0.182 e. The van der Waals surface area contributed by atoms with Crippen LogP contribution in [-0.4, -0.2) is 32.1 Å². The zero-order valence-electron chi connectivity index (χ0n) is 16.6. The molecule has 1 heterocycles. The maximum Gasteiger partial charge on any atom is 0.182 e. The highest BCUT2D eigenvalue weighted by atomic mass is 16.5. The summed E-state index contributed by atoms with van der Waals surface area (Å²) >= 11 is 0. The van der Waals surface area contributed by atoms with Gasteiger partial charge in [-0.25, -0.2) is 0 Å². The van der Waals surface area contributed by atoms with Gasteiger partial charge in [0, 0.05) is 12.3 Å². The number of nitrogens with zero attached hydrogens (tertiary/aromatic N) is 1. The van der Waals surface area contributed by atoms with Gasteiger partial charge in [-0.15, -0.1) is 0 Å². The number of ether oxygens (including phenoxy) is 3. The molecule has 1 aromatic heterocycles. The van der Waals surface area contributed by atoms with Crippen LogP contribution >= 0.6 is 0 Å². The van der Waals surface area contributed by atoms with Crippen molar-refractivity contribution in [2.75, 3.05) is 21.3 Å². The number of benzene rings is 1. The second-order valence-electron chi connectivity index (χ2n) is 5.11. The van der Waals surface area contributed by atoms with E-state index in [9.17, 15) is 4.79 Å². The number of hydrogen-bond donors (Lipinski definition) is 0. The first kappa shape index (κ1) is 22.0. The van der Waals surface area contributed by atoms with E-state index in [4.69, 9.17) is 14.2 Å². The molecule has 2 aromatic rings. The molecule has 0 aliphatic heterocycles. The zero-order valence-corrected chi connectivity index (χ0v) is 16.6. The van der Waals surface area contributed by atoms with Crippen molar-refractivity contribution in [2.45, 2.75) is 20.3 Å². The van der Waals surface area contributed by atoms with Crippen molar-refractivity contribution in [3.8, 4) is 11.5 Å². The number of carbonyl (C=O) groups is 1. The minimum atomic E-state index is -0.151. The van der Waals surface area contributed by atoms with Crippen LogP contribution in [0.4, 0.5) is 0 Å². The summed E-state index contributed by atoms with van der Waals surface area (Å²) in [4.78, 5) is 17.3. The van der Waals surface area contributed by atoms with E-state index in [0.717, 1.165) is 5.56 Å². The molecule has 0 spiro atoms. The lowest BCUT2D eigenvalue weighted by atomic mass is 9.97. The molecule has 0 aliphatic rings. The first-order valence-corrected chi connectivity index (χ1v) is 8.71. The number of hydrogen-bond acceptors (Lipinski definition) is 5. The summed E-state index contributed by atoms with van der Waals surface area (Å²) in [7, 11) is 4.57. The van der Waals surface area contributed by atoms with Gasteiger partial charge in [-0.3, -0.25) is 9.78 Å². The molecular formula is C22H27NO4. The number of allylic oxidation sites excluding steroid dienone is 2. The van der Waals surface area contributed by atoms with Crippen LogP contribution in [0.25, 0.3) is 5.57 Å². The molecule has 0 fully saturated rings. The number of carbonyl (C=O) groups excluding carboxylic acids is 1. The van der Waals surface area contributed by atoms with Gasteiger partial charge in [-0.05, 0) is 11.6 Å². The topological polar surface area (TPSA) is 57.7 Å². The Balaban J connectivity index is 0.00000176. The molecule has 0 unspecified atom stereocenters. The van der Waals surface area contributed by atoms with Crippen LogP contribution in [0.5, 0.6) is 11.5 Å². The number of ketones is 1. The maximum atomic E-state index is 13.0. The van der Waals surface area contributed by atoms with E-state index in [2.05, 4.69) is 11.6 Å². The normalized spacial score (nSPS) is 10.7. The fraction of sp³-hybridized carbons (Fsp3) is 0.273. The van der Waals surface area contributed by atoms with Crippen LogP contribution in [0.15, 0.2) is 61.0 Å². The van der Waals surface area contributed by atoms with Crippen LogP contribution in [0.2, 0.25) is 0 Å². The minimum Gasteiger partial charge on any atom is -0.496 e. The molecule has 1 aromatic carbocycles. The maximum absolute atomic E-state index is 13.0. The lowest BCUT2D eigenvalue weighted by Crippen LogP contribution is -2.11. The van der Waals surface area contributed by atoms with Crippen LogP contribution in [0.3, 0.4) is 0 Å². The van der Waals surface area contributed by atoms with Crippen molar-refractivity contribution >= 4 is 11.4 Å². The molecule has 0 saturated carbocycles. The third kappa shape index (κ3) is 5.45. The number of pyridine rings is 1. The molecule has 0 saturated heterocycles. The molecule has 0 radical (unpaired) electrons. The Morgan fingerprint density at radius 3 is 2.26 bits per heavy atom. The standard InChI is InChI=1S/C20H21NO4.C2H6/c1-5-17(23-2)19(14-9-7-6-8-10-14)16(22)13-15-20(25-4)18(24-3)11-12-21-15;1-2/h5-12H,1,13H2,2-4H3;1-2H3/b19-17-;. The summed E-state index contributed by atoms with van der Waals surface area (Å²) < 4.78 is 16.0. The van der Waals surface area contributed by atoms with Crippen molar-refractivity contribution < 1.29 is 19.0 Å². The van der Waals surface area contributed by atoms with Gasteiger partial charge >= 0.3 is 0 Å². The quantitative estimate of drug-likeness (QED) is 0.390. The van der Waals surface area contributed by atoms with Crippen LogP contribution in [0, 0.1) is 0 Å². The predicted molar refractivity (Wildman–Crippen MR) is 108 cm³/mol. The summed E-state index contributed by atoms with van der Waals surface area (Å²) in [5.74, 6) is 1.24. The lowest BCUT2D eigenvalue weighted by molar-refractivity contribution is -0.113. The molecule has 2 rings (SSSR count). The Morgan fingerprint density at radius 1 is 1.07 bits per heavy atom.